The molecule has 0 aliphatic heterocycles. The van der Waals surface area contributed by atoms with Gasteiger partial charge in [0.15, 0.2) is 0 Å². The first-order valence-electron chi connectivity index (χ1n) is 16.9. The lowest BCUT2D eigenvalue weighted by molar-refractivity contribution is -0.133. The predicted octanol–water partition coefficient (Wildman–Crippen LogP) is 5.03. The summed E-state index contributed by atoms with van der Waals surface area (Å²) in [6.07, 6.45) is -0.0969. The van der Waals surface area contributed by atoms with Crippen LogP contribution in [-0.2, 0) is 31.9 Å². The Kier molecular flexibility index (Phi) is 14.8. The van der Waals surface area contributed by atoms with Crippen molar-refractivity contribution in [2.24, 2.45) is 17.8 Å². The van der Waals surface area contributed by atoms with Gasteiger partial charge in [-0.3, -0.25) is 18.7 Å². The second kappa shape index (κ2) is 18.5. The number of amides is 3. The van der Waals surface area contributed by atoms with E-state index < -0.39 is 40.0 Å². The number of hydrogen-bond acceptors (Lipinski definition) is 6. The van der Waals surface area contributed by atoms with E-state index in [1.165, 1.54) is 13.1 Å². The minimum atomic E-state index is -3.72. The molecule has 0 radical (unpaired) electrons. The number of benzene rings is 3. The normalized spacial score (nSPS) is 14.1. The molecule has 4 atom stereocenters. The smallest absolute Gasteiger partial charge is 0.251 e. The molecule has 3 rings (SSSR count). The second-order valence-electron chi connectivity index (χ2n) is 13.3. The van der Waals surface area contributed by atoms with E-state index >= 15 is 0 Å². The molecule has 49 heavy (non-hydrogen) atoms. The monoisotopic (exact) mass is 692 g/mol. The van der Waals surface area contributed by atoms with Crippen LogP contribution in [0.15, 0.2) is 84.9 Å². The summed E-state index contributed by atoms with van der Waals surface area (Å²) >= 11 is 0. The SMILES string of the molecule is CC[C@H](C[C@H](O)[C@H](CC(C)C)NC(=O)c1cccc(N(C)S(=O)(=O)Cc2ccccc2)c1)C(=O)N[C@H](C(=O)NCc1ccccc1)C(C)C. The number of anilines is 1. The van der Waals surface area contributed by atoms with E-state index in [1.807, 2.05) is 71.0 Å². The Labute approximate surface area is 291 Å². The maximum absolute atomic E-state index is 13.5. The van der Waals surface area contributed by atoms with E-state index in [9.17, 15) is 27.9 Å². The highest BCUT2D eigenvalue weighted by Gasteiger charge is 2.31. The fraction of sp³-hybridized carbons (Fsp3) is 0.447. The van der Waals surface area contributed by atoms with Crippen LogP contribution < -0.4 is 20.3 Å². The zero-order valence-electron chi connectivity index (χ0n) is 29.4. The lowest BCUT2D eigenvalue weighted by Gasteiger charge is -2.29. The highest BCUT2D eigenvalue weighted by Crippen LogP contribution is 2.23. The first-order chi connectivity index (χ1) is 23.2. The van der Waals surface area contributed by atoms with Crippen molar-refractivity contribution in [3.63, 3.8) is 0 Å². The van der Waals surface area contributed by atoms with E-state index in [2.05, 4.69) is 16.0 Å². The molecular formula is C38H52N4O6S. The molecule has 0 aromatic heterocycles. The van der Waals surface area contributed by atoms with Gasteiger partial charge in [0.25, 0.3) is 5.91 Å². The van der Waals surface area contributed by atoms with Crippen LogP contribution in [0.2, 0.25) is 0 Å². The molecule has 4 N–H and O–H groups in total. The molecule has 0 unspecified atom stereocenters. The Morgan fingerprint density at radius 2 is 1.41 bits per heavy atom. The number of carbonyl (C=O) groups excluding carboxylic acids is 3. The highest BCUT2D eigenvalue weighted by molar-refractivity contribution is 7.92. The van der Waals surface area contributed by atoms with Crippen molar-refractivity contribution in [1.82, 2.24) is 16.0 Å². The minimum absolute atomic E-state index is 0.0803. The van der Waals surface area contributed by atoms with E-state index in [0.29, 0.717) is 30.6 Å². The topological polar surface area (TPSA) is 145 Å². The summed E-state index contributed by atoms with van der Waals surface area (Å²) in [4.78, 5) is 40.0. The Morgan fingerprint density at radius 3 is 1.98 bits per heavy atom. The Hall–Kier alpha value is -4.22. The third kappa shape index (κ3) is 12.0. The summed E-state index contributed by atoms with van der Waals surface area (Å²) in [5.41, 5.74) is 2.18. The molecule has 0 bridgehead atoms. The highest BCUT2D eigenvalue weighted by atomic mass is 32.2. The van der Waals surface area contributed by atoms with E-state index in [-0.39, 0.29) is 41.4 Å². The number of aliphatic hydroxyl groups is 1. The maximum Gasteiger partial charge on any atom is 0.251 e. The first-order valence-corrected chi connectivity index (χ1v) is 18.5. The molecule has 0 aliphatic rings. The fourth-order valence-corrected chi connectivity index (χ4v) is 6.82. The number of carbonyl (C=O) groups is 3. The van der Waals surface area contributed by atoms with Crippen LogP contribution in [-0.4, -0.2) is 56.5 Å². The van der Waals surface area contributed by atoms with Gasteiger partial charge in [-0.2, -0.15) is 0 Å². The standard InChI is InChI=1S/C38H52N4O6S/c1-7-30(36(44)41-35(27(4)5)38(46)39-24-28-15-10-8-11-16-28)23-34(43)33(21-26(2)3)40-37(45)31-19-14-20-32(22-31)42(6)49(47,48)25-29-17-12-9-13-18-29/h8-20,22,26-27,30,33-35,43H,7,21,23-25H2,1-6H3,(H,39,46)(H,40,45)(H,41,44)/t30-,33+,34+,35+/m1/s1. The summed E-state index contributed by atoms with van der Waals surface area (Å²) in [7, 11) is -2.27. The average Bonchev–Trinajstić information content (AvgIpc) is 3.08. The van der Waals surface area contributed by atoms with Crippen molar-refractivity contribution in [2.75, 3.05) is 11.4 Å². The number of sulfonamides is 1. The molecular weight excluding hydrogens is 641 g/mol. The molecule has 0 saturated carbocycles. The molecule has 0 spiro atoms. The molecule has 3 aromatic carbocycles. The van der Waals surface area contributed by atoms with Gasteiger partial charge in [-0.25, -0.2) is 8.42 Å². The Bertz CT molecular complexity index is 1620. The summed E-state index contributed by atoms with van der Waals surface area (Å²) < 4.78 is 27.4. The summed E-state index contributed by atoms with van der Waals surface area (Å²) in [5.74, 6) is -1.92. The molecule has 0 heterocycles. The maximum atomic E-state index is 13.5. The van der Waals surface area contributed by atoms with Crippen LogP contribution in [0.3, 0.4) is 0 Å². The lowest BCUT2D eigenvalue weighted by Crippen LogP contribution is -2.52. The number of nitrogens with one attached hydrogen (secondary N) is 3. The Morgan fingerprint density at radius 1 is 0.796 bits per heavy atom. The van der Waals surface area contributed by atoms with Gasteiger partial charge < -0.3 is 21.1 Å². The molecule has 0 aliphatic carbocycles. The largest absolute Gasteiger partial charge is 0.391 e. The first kappa shape index (κ1) is 39.2. The predicted molar refractivity (Wildman–Crippen MR) is 194 cm³/mol. The third-order valence-corrected chi connectivity index (χ3v) is 10.3. The molecule has 0 fully saturated rings. The van der Waals surface area contributed by atoms with Crippen molar-refractivity contribution in [3.8, 4) is 0 Å². The van der Waals surface area contributed by atoms with Gasteiger partial charge in [0.05, 0.1) is 23.6 Å². The quantitative estimate of drug-likeness (QED) is 0.147. The van der Waals surface area contributed by atoms with E-state index in [0.717, 1.165) is 9.87 Å². The third-order valence-electron chi connectivity index (χ3n) is 8.53. The number of hydrogen-bond donors (Lipinski definition) is 4. The summed E-state index contributed by atoms with van der Waals surface area (Å²) in [6.45, 7) is 9.87. The van der Waals surface area contributed by atoms with Crippen molar-refractivity contribution < 1.29 is 27.9 Å². The number of rotatable bonds is 18. The number of aliphatic hydroxyl groups excluding tert-OH is 1. The molecule has 3 amide bonds. The minimum Gasteiger partial charge on any atom is -0.391 e. The molecule has 11 heteroatoms. The van der Waals surface area contributed by atoms with Crippen LogP contribution in [0.4, 0.5) is 5.69 Å². The zero-order valence-corrected chi connectivity index (χ0v) is 30.2. The van der Waals surface area contributed by atoms with E-state index in [4.69, 9.17) is 0 Å². The van der Waals surface area contributed by atoms with Gasteiger partial charge in [-0.15, -0.1) is 0 Å². The lowest BCUT2D eigenvalue weighted by atomic mass is 9.89. The molecule has 10 nitrogen and oxygen atoms in total. The molecule has 0 saturated heterocycles. The van der Waals surface area contributed by atoms with Crippen LogP contribution in [0.1, 0.15) is 75.4 Å². The summed E-state index contributed by atoms with van der Waals surface area (Å²) in [6, 6.07) is 23.3. The van der Waals surface area contributed by atoms with Crippen LogP contribution >= 0.6 is 0 Å². The Balaban J connectivity index is 1.68. The van der Waals surface area contributed by atoms with Gasteiger partial charge >= 0.3 is 0 Å². The molecule has 266 valence electrons. The van der Waals surface area contributed by atoms with Gasteiger partial charge in [0, 0.05) is 25.1 Å². The van der Waals surface area contributed by atoms with Crippen molar-refractivity contribution in [2.45, 2.75) is 84.4 Å². The van der Waals surface area contributed by atoms with Gasteiger partial charge in [0.2, 0.25) is 21.8 Å². The van der Waals surface area contributed by atoms with E-state index in [1.54, 1.807) is 42.5 Å². The average molecular weight is 693 g/mol. The van der Waals surface area contributed by atoms with Crippen molar-refractivity contribution in [3.05, 3.63) is 102 Å². The van der Waals surface area contributed by atoms with Crippen molar-refractivity contribution >= 4 is 33.4 Å². The second-order valence-corrected chi connectivity index (χ2v) is 15.3. The van der Waals surface area contributed by atoms with Crippen LogP contribution in [0, 0.1) is 17.8 Å². The molecule has 3 aromatic rings. The van der Waals surface area contributed by atoms with Gasteiger partial charge in [0.1, 0.15) is 6.04 Å². The number of nitrogens with zero attached hydrogens (tertiary/aromatic N) is 1. The zero-order chi connectivity index (χ0) is 36.1. The van der Waals surface area contributed by atoms with Crippen LogP contribution in [0.25, 0.3) is 0 Å². The van der Waals surface area contributed by atoms with Gasteiger partial charge in [-0.05, 0) is 60.4 Å². The van der Waals surface area contributed by atoms with Crippen LogP contribution in [0.5, 0.6) is 0 Å². The summed E-state index contributed by atoms with van der Waals surface area (Å²) in [5, 5.41) is 20.1. The van der Waals surface area contributed by atoms with Crippen molar-refractivity contribution in [1.29, 1.82) is 0 Å². The fourth-order valence-electron chi connectivity index (χ4n) is 5.57. The van der Waals surface area contributed by atoms with Gasteiger partial charge in [-0.1, -0.05) is 101 Å².